The summed E-state index contributed by atoms with van der Waals surface area (Å²) in [7, 11) is 2.17. The van der Waals surface area contributed by atoms with Gasteiger partial charge in [-0.2, -0.15) is 8.75 Å². The fraction of sp³-hybridized carbons (Fsp3) is 0.125. The lowest BCUT2D eigenvalue weighted by Crippen LogP contribution is -1.91. The van der Waals surface area contributed by atoms with Gasteiger partial charge in [-0.25, -0.2) is 0 Å². The Morgan fingerprint density at radius 2 is 1.52 bits per heavy atom. The van der Waals surface area contributed by atoms with Crippen molar-refractivity contribution in [1.29, 1.82) is 0 Å². The van der Waals surface area contributed by atoms with Crippen LogP contribution in [0.2, 0.25) is 0 Å². The molecule has 1 aromatic heterocycles. The zero-order chi connectivity index (χ0) is 14.4. The van der Waals surface area contributed by atoms with Gasteiger partial charge in [0.15, 0.2) is 0 Å². The Labute approximate surface area is 136 Å². The largest absolute Gasteiger partial charge is 0.172 e. The van der Waals surface area contributed by atoms with Crippen LogP contribution in [0.15, 0.2) is 46.4 Å². The van der Waals surface area contributed by atoms with Crippen molar-refractivity contribution >= 4 is 57.7 Å². The molecule has 0 N–H and O–H groups in total. The summed E-state index contributed by atoms with van der Waals surface area (Å²) in [6, 6.07) is 4.39. The molecule has 0 bridgehead atoms. The van der Waals surface area contributed by atoms with Crippen molar-refractivity contribution in [1.82, 2.24) is 8.75 Å². The zero-order valence-electron chi connectivity index (χ0n) is 11.6. The Morgan fingerprint density at radius 3 is 2.05 bits per heavy atom. The maximum atomic E-state index is 4.55. The van der Waals surface area contributed by atoms with Crippen molar-refractivity contribution in [2.75, 3.05) is 0 Å². The summed E-state index contributed by atoms with van der Waals surface area (Å²) in [6.07, 6.45) is 10.6. The molecule has 0 aliphatic heterocycles. The van der Waals surface area contributed by atoms with Crippen LogP contribution in [0.3, 0.4) is 0 Å². The van der Waals surface area contributed by atoms with Crippen molar-refractivity contribution in [2.24, 2.45) is 0 Å². The number of rotatable bonds is 2. The summed E-state index contributed by atoms with van der Waals surface area (Å²) >= 11 is 4.87. The van der Waals surface area contributed by atoms with E-state index in [2.05, 4.69) is 69.0 Å². The van der Waals surface area contributed by atoms with Gasteiger partial charge in [-0.15, -0.1) is 5.47 Å². The van der Waals surface area contributed by atoms with Gasteiger partial charge in [-0.3, -0.25) is 0 Å². The highest BCUT2D eigenvalue weighted by atomic mass is 79.9. The van der Waals surface area contributed by atoms with E-state index in [1.54, 1.807) is 0 Å². The molecule has 2 nitrogen and oxygen atoms in total. The van der Waals surface area contributed by atoms with Gasteiger partial charge in [0, 0.05) is 17.5 Å². The maximum Gasteiger partial charge on any atom is 0.134 e. The first-order valence-electron chi connectivity index (χ1n) is 6.90. The molecule has 2 aromatic rings. The van der Waals surface area contributed by atoms with Gasteiger partial charge in [-0.05, 0) is 22.0 Å². The minimum absolute atomic E-state index is 0.940. The molecular formula is C16H12BBrN2S. The third-order valence-electron chi connectivity index (χ3n) is 3.97. The molecular weight excluding hydrogens is 343 g/mol. The van der Waals surface area contributed by atoms with Crippen molar-refractivity contribution in [3.63, 3.8) is 0 Å². The van der Waals surface area contributed by atoms with Gasteiger partial charge in [0.25, 0.3) is 0 Å². The molecule has 0 radical (unpaired) electrons. The lowest BCUT2D eigenvalue weighted by Gasteiger charge is -2.08. The van der Waals surface area contributed by atoms with E-state index in [4.69, 9.17) is 0 Å². The van der Waals surface area contributed by atoms with E-state index in [-0.39, 0.29) is 0 Å². The molecule has 4 rings (SSSR count). The highest BCUT2D eigenvalue weighted by Gasteiger charge is 2.18. The van der Waals surface area contributed by atoms with Gasteiger partial charge >= 0.3 is 0 Å². The third kappa shape index (κ3) is 2.25. The quantitative estimate of drug-likeness (QED) is 0.760. The van der Waals surface area contributed by atoms with Crippen LogP contribution in [-0.4, -0.2) is 16.6 Å². The molecule has 21 heavy (non-hydrogen) atoms. The monoisotopic (exact) mass is 354 g/mol. The van der Waals surface area contributed by atoms with Crippen LogP contribution >= 0.6 is 27.7 Å². The van der Waals surface area contributed by atoms with Crippen LogP contribution in [0.1, 0.15) is 24.0 Å². The second-order valence-electron chi connectivity index (χ2n) is 5.49. The number of halogens is 1. The van der Waals surface area contributed by atoms with Crippen molar-refractivity contribution < 1.29 is 0 Å². The average Bonchev–Trinajstić information content (AvgIpc) is 3.18. The minimum Gasteiger partial charge on any atom is -0.172 e. The Morgan fingerprint density at radius 1 is 0.905 bits per heavy atom. The van der Waals surface area contributed by atoms with E-state index < -0.39 is 0 Å². The van der Waals surface area contributed by atoms with E-state index >= 15 is 0 Å². The van der Waals surface area contributed by atoms with Crippen LogP contribution < -0.4 is 0 Å². The van der Waals surface area contributed by atoms with E-state index in [1.807, 2.05) is 0 Å². The summed E-state index contributed by atoms with van der Waals surface area (Å²) in [5.41, 5.74) is 8.55. The lowest BCUT2D eigenvalue weighted by atomic mass is 9.90. The number of benzene rings is 1. The lowest BCUT2D eigenvalue weighted by molar-refractivity contribution is 1.39. The van der Waals surface area contributed by atoms with Crippen LogP contribution in [0.5, 0.6) is 0 Å². The predicted octanol–water partition coefficient (Wildman–Crippen LogP) is 4.06. The maximum absolute atomic E-state index is 4.55. The van der Waals surface area contributed by atoms with Gasteiger partial charge in [0.2, 0.25) is 0 Å². The van der Waals surface area contributed by atoms with Crippen molar-refractivity contribution in [2.45, 2.75) is 12.8 Å². The molecule has 0 unspecified atom stereocenters. The Hall–Kier alpha value is -1.46. The zero-order valence-corrected chi connectivity index (χ0v) is 14.0. The summed E-state index contributed by atoms with van der Waals surface area (Å²) in [5.74, 6) is 0. The average molecular weight is 355 g/mol. The smallest absolute Gasteiger partial charge is 0.134 e. The third-order valence-corrected chi connectivity index (χ3v) is 5.04. The number of hydrogen-bond donors (Lipinski definition) is 0. The fourth-order valence-corrected chi connectivity index (χ4v) is 3.91. The highest BCUT2D eigenvalue weighted by molar-refractivity contribution is 9.11. The number of hydrogen-bond acceptors (Lipinski definition) is 3. The Balaban J connectivity index is 1.82. The number of allylic oxidation sites excluding steroid dienone is 8. The van der Waals surface area contributed by atoms with E-state index in [9.17, 15) is 0 Å². The summed E-state index contributed by atoms with van der Waals surface area (Å²) < 4.78 is 10.3. The molecule has 0 saturated heterocycles. The first-order valence-corrected chi connectivity index (χ1v) is 8.42. The molecule has 0 amide bonds. The van der Waals surface area contributed by atoms with Gasteiger partial charge < -0.3 is 0 Å². The normalized spacial score (nSPS) is 17.8. The van der Waals surface area contributed by atoms with E-state index in [0.717, 1.165) is 23.9 Å². The van der Waals surface area contributed by atoms with Crippen LogP contribution in [0.4, 0.5) is 0 Å². The molecule has 0 saturated carbocycles. The van der Waals surface area contributed by atoms with Crippen molar-refractivity contribution in [3.05, 3.63) is 57.5 Å². The SMILES string of the molecule is BC1=CC=C(c2ccc(C3=CC=C(Br)C3)c3nsnc23)C1. The summed E-state index contributed by atoms with van der Waals surface area (Å²) in [6.45, 7) is 0. The first-order chi connectivity index (χ1) is 10.2. The molecule has 2 aliphatic rings. The van der Waals surface area contributed by atoms with Crippen molar-refractivity contribution in [3.8, 4) is 0 Å². The summed E-state index contributed by atoms with van der Waals surface area (Å²) in [5, 5.41) is 0. The van der Waals surface area contributed by atoms with E-state index in [1.165, 1.54) is 44.0 Å². The minimum atomic E-state index is 0.940. The second kappa shape index (κ2) is 5.07. The Kier molecular flexibility index (Phi) is 3.19. The molecule has 2 aliphatic carbocycles. The first kappa shape index (κ1) is 13.2. The fourth-order valence-electron chi connectivity index (χ4n) is 2.91. The van der Waals surface area contributed by atoms with Gasteiger partial charge in [0.05, 0.1) is 11.7 Å². The predicted molar refractivity (Wildman–Crippen MR) is 96.2 cm³/mol. The molecule has 0 atom stereocenters. The molecule has 0 fully saturated rings. The highest BCUT2D eigenvalue weighted by Crippen LogP contribution is 2.38. The van der Waals surface area contributed by atoms with Gasteiger partial charge in [-0.1, -0.05) is 52.4 Å². The second-order valence-corrected chi connectivity index (χ2v) is 7.03. The standard InChI is InChI=1S/C16H12BBrN2S/c17-11-3-1-9(7-11)13-5-6-14(10-2-4-12(18)8-10)16-15(13)19-21-20-16/h1-6H,7-8,17H2. The van der Waals surface area contributed by atoms with Crippen LogP contribution in [0, 0.1) is 0 Å². The molecule has 5 heteroatoms. The number of nitrogens with zero attached hydrogens (tertiary/aromatic N) is 2. The summed E-state index contributed by atoms with van der Waals surface area (Å²) in [4.78, 5) is 0. The van der Waals surface area contributed by atoms with Crippen LogP contribution in [-0.2, 0) is 0 Å². The number of fused-ring (bicyclic) bond motifs is 1. The van der Waals surface area contributed by atoms with Gasteiger partial charge in [0.1, 0.15) is 18.9 Å². The Bertz CT molecular complexity index is 804. The molecule has 102 valence electrons. The van der Waals surface area contributed by atoms with E-state index in [0.29, 0.717) is 0 Å². The number of aromatic nitrogens is 2. The molecule has 0 spiro atoms. The topological polar surface area (TPSA) is 25.8 Å². The van der Waals surface area contributed by atoms with Crippen LogP contribution in [0.25, 0.3) is 22.2 Å². The molecule has 1 aromatic carbocycles. The molecule has 1 heterocycles.